The Labute approximate surface area is 137 Å². The average Bonchev–Trinajstić information content (AvgIpc) is 2.54. The smallest absolute Gasteiger partial charge is 0.306 e. The van der Waals surface area contributed by atoms with Crippen molar-refractivity contribution in [3.63, 3.8) is 0 Å². The van der Waals surface area contributed by atoms with Gasteiger partial charge in [0.1, 0.15) is 0 Å². The molecule has 2 atom stereocenters. The second kappa shape index (κ2) is 6.34. The van der Waals surface area contributed by atoms with Crippen LogP contribution in [0.15, 0.2) is 30.3 Å². The minimum Gasteiger partial charge on any atom is -0.481 e. The molecule has 23 heavy (non-hydrogen) atoms. The Morgan fingerprint density at radius 3 is 2.43 bits per heavy atom. The van der Waals surface area contributed by atoms with E-state index in [0.717, 1.165) is 25.7 Å². The summed E-state index contributed by atoms with van der Waals surface area (Å²) >= 11 is 0. The number of aliphatic carboxylic acids is 1. The summed E-state index contributed by atoms with van der Waals surface area (Å²) in [5, 5.41) is 12.3. The first kappa shape index (κ1) is 16.0. The summed E-state index contributed by atoms with van der Waals surface area (Å²) in [4.78, 5) is 23.5. The second-order valence-electron chi connectivity index (χ2n) is 7.44. The number of amides is 1. The number of carboxylic acid groups (broad SMARTS) is 1. The zero-order valence-electron chi connectivity index (χ0n) is 13.6. The van der Waals surface area contributed by atoms with Crippen LogP contribution in [0.5, 0.6) is 0 Å². The monoisotopic (exact) mass is 315 g/mol. The molecule has 2 saturated carbocycles. The maximum Gasteiger partial charge on any atom is 0.306 e. The van der Waals surface area contributed by atoms with Crippen molar-refractivity contribution >= 4 is 11.9 Å². The van der Waals surface area contributed by atoms with Crippen molar-refractivity contribution in [2.75, 3.05) is 0 Å². The number of carboxylic acids is 1. The van der Waals surface area contributed by atoms with E-state index >= 15 is 0 Å². The predicted octanol–water partition coefficient (Wildman–Crippen LogP) is 3.11. The molecule has 0 aliphatic heterocycles. The highest BCUT2D eigenvalue weighted by atomic mass is 16.4. The lowest BCUT2D eigenvalue weighted by Crippen LogP contribution is -2.53. The van der Waals surface area contributed by atoms with Gasteiger partial charge in [0.25, 0.3) is 0 Å². The Hall–Kier alpha value is -1.84. The fourth-order valence-corrected chi connectivity index (χ4v) is 4.18. The van der Waals surface area contributed by atoms with Crippen LogP contribution in [0.25, 0.3) is 0 Å². The lowest BCUT2D eigenvalue weighted by atomic mass is 9.63. The summed E-state index contributed by atoms with van der Waals surface area (Å²) in [6, 6.07) is 10.7. The molecule has 2 N–H and O–H groups in total. The lowest BCUT2D eigenvalue weighted by molar-refractivity contribution is -0.144. The number of carbonyl (C=O) groups excluding carboxylic acids is 1. The molecule has 0 spiro atoms. The number of carbonyl (C=O) groups is 2. The number of benzene rings is 1. The van der Waals surface area contributed by atoms with Crippen LogP contribution in [0.4, 0.5) is 0 Å². The topological polar surface area (TPSA) is 66.4 Å². The molecule has 2 aliphatic rings. The quantitative estimate of drug-likeness (QED) is 0.897. The normalized spacial score (nSPS) is 33.5. The fraction of sp³-hybridized carbons (Fsp3) is 0.579. The highest BCUT2D eigenvalue weighted by molar-refractivity contribution is 5.80. The highest BCUT2D eigenvalue weighted by Gasteiger charge is 2.43. The third kappa shape index (κ3) is 3.41. The first-order chi connectivity index (χ1) is 11.0. The van der Waals surface area contributed by atoms with Crippen LogP contribution in [0.3, 0.4) is 0 Å². The van der Waals surface area contributed by atoms with Gasteiger partial charge in [0.2, 0.25) is 5.91 Å². The summed E-state index contributed by atoms with van der Waals surface area (Å²) in [7, 11) is 0. The van der Waals surface area contributed by atoms with Crippen molar-refractivity contribution in [3.05, 3.63) is 35.9 Å². The molecule has 3 rings (SSSR count). The third-order valence-corrected chi connectivity index (χ3v) is 5.61. The molecule has 1 aromatic carbocycles. The van der Waals surface area contributed by atoms with Crippen molar-refractivity contribution in [3.8, 4) is 0 Å². The Balaban J connectivity index is 1.52. The molecule has 4 heteroatoms. The minimum atomic E-state index is -0.761. The Kier molecular flexibility index (Phi) is 4.42. The molecule has 2 fully saturated rings. The molecule has 1 amide bonds. The van der Waals surface area contributed by atoms with Gasteiger partial charge in [-0.15, -0.1) is 0 Å². The van der Waals surface area contributed by atoms with E-state index in [2.05, 4.69) is 36.5 Å². The highest BCUT2D eigenvalue weighted by Crippen LogP contribution is 2.43. The standard InChI is InChI=1S/C19H25NO3/c1-19(15-8-3-2-4-9-15)11-16(12-19)20-17(21)13-6-5-7-14(10-13)18(22)23/h2-4,8-9,13-14,16H,5-7,10-12H2,1H3,(H,20,21)(H,22,23). The van der Waals surface area contributed by atoms with Crippen molar-refractivity contribution in [2.45, 2.75) is 56.9 Å². The number of hydrogen-bond acceptors (Lipinski definition) is 2. The number of nitrogens with one attached hydrogen (secondary N) is 1. The minimum absolute atomic E-state index is 0.0519. The van der Waals surface area contributed by atoms with E-state index in [4.69, 9.17) is 5.11 Å². The summed E-state index contributed by atoms with van der Waals surface area (Å²) in [6.45, 7) is 2.24. The molecular weight excluding hydrogens is 290 g/mol. The van der Waals surface area contributed by atoms with Crippen molar-refractivity contribution in [1.29, 1.82) is 0 Å². The molecular formula is C19H25NO3. The Morgan fingerprint density at radius 1 is 1.13 bits per heavy atom. The van der Waals surface area contributed by atoms with E-state index < -0.39 is 5.97 Å². The first-order valence-corrected chi connectivity index (χ1v) is 8.57. The van der Waals surface area contributed by atoms with E-state index in [1.807, 2.05) is 6.07 Å². The van der Waals surface area contributed by atoms with Gasteiger partial charge >= 0.3 is 5.97 Å². The van der Waals surface area contributed by atoms with Gasteiger partial charge in [0, 0.05) is 12.0 Å². The zero-order valence-corrected chi connectivity index (χ0v) is 13.6. The molecule has 124 valence electrons. The second-order valence-corrected chi connectivity index (χ2v) is 7.44. The van der Waals surface area contributed by atoms with Gasteiger partial charge in [-0.05, 0) is 43.1 Å². The van der Waals surface area contributed by atoms with Crippen molar-refractivity contribution in [2.24, 2.45) is 11.8 Å². The van der Waals surface area contributed by atoms with E-state index in [1.54, 1.807) is 0 Å². The molecule has 0 saturated heterocycles. The molecule has 2 aliphatic carbocycles. The maximum absolute atomic E-state index is 12.4. The van der Waals surface area contributed by atoms with Gasteiger partial charge < -0.3 is 10.4 Å². The summed E-state index contributed by atoms with van der Waals surface area (Å²) < 4.78 is 0. The third-order valence-electron chi connectivity index (χ3n) is 5.61. The Morgan fingerprint density at radius 2 is 1.78 bits per heavy atom. The van der Waals surface area contributed by atoms with Crippen LogP contribution in [-0.4, -0.2) is 23.0 Å². The van der Waals surface area contributed by atoms with E-state index in [0.29, 0.717) is 12.8 Å². The van der Waals surface area contributed by atoms with E-state index in [9.17, 15) is 9.59 Å². The molecule has 4 nitrogen and oxygen atoms in total. The molecule has 0 bridgehead atoms. The zero-order chi connectivity index (χ0) is 16.4. The largest absolute Gasteiger partial charge is 0.481 e. The van der Waals surface area contributed by atoms with Crippen molar-refractivity contribution < 1.29 is 14.7 Å². The van der Waals surface area contributed by atoms with Gasteiger partial charge in [-0.25, -0.2) is 0 Å². The van der Waals surface area contributed by atoms with Crippen LogP contribution in [0.1, 0.15) is 51.0 Å². The van der Waals surface area contributed by atoms with Gasteiger partial charge in [-0.2, -0.15) is 0 Å². The van der Waals surface area contributed by atoms with Crippen LogP contribution < -0.4 is 5.32 Å². The fourth-order valence-electron chi connectivity index (χ4n) is 4.18. The van der Waals surface area contributed by atoms with Gasteiger partial charge in [-0.3, -0.25) is 9.59 Å². The molecule has 0 heterocycles. The Bertz CT molecular complexity index is 578. The van der Waals surface area contributed by atoms with Gasteiger partial charge in [0.15, 0.2) is 0 Å². The maximum atomic E-state index is 12.4. The SMILES string of the molecule is CC1(c2ccccc2)CC(NC(=O)C2CCCC(C(=O)O)C2)C1. The average molecular weight is 315 g/mol. The summed E-state index contributed by atoms with van der Waals surface area (Å²) in [6.07, 6.45) is 4.76. The molecule has 0 radical (unpaired) electrons. The molecule has 0 aromatic heterocycles. The van der Waals surface area contributed by atoms with E-state index in [-0.39, 0.29) is 29.2 Å². The van der Waals surface area contributed by atoms with Gasteiger partial charge in [0.05, 0.1) is 5.92 Å². The summed E-state index contributed by atoms with van der Waals surface area (Å²) in [5.41, 5.74) is 1.48. The van der Waals surface area contributed by atoms with Crippen molar-refractivity contribution in [1.82, 2.24) is 5.32 Å². The number of rotatable bonds is 4. The lowest BCUT2D eigenvalue weighted by Gasteiger charge is -2.46. The van der Waals surface area contributed by atoms with Crippen LogP contribution in [-0.2, 0) is 15.0 Å². The summed E-state index contributed by atoms with van der Waals surface area (Å²) in [5.74, 6) is -1.19. The number of hydrogen-bond donors (Lipinski definition) is 2. The predicted molar refractivity (Wildman–Crippen MR) is 88.0 cm³/mol. The first-order valence-electron chi connectivity index (χ1n) is 8.57. The van der Waals surface area contributed by atoms with Crippen LogP contribution in [0.2, 0.25) is 0 Å². The van der Waals surface area contributed by atoms with E-state index in [1.165, 1.54) is 5.56 Å². The molecule has 1 aromatic rings. The van der Waals surface area contributed by atoms with Crippen LogP contribution >= 0.6 is 0 Å². The molecule has 2 unspecified atom stereocenters. The van der Waals surface area contributed by atoms with Crippen LogP contribution in [0, 0.1) is 11.8 Å². The van der Waals surface area contributed by atoms with Gasteiger partial charge in [-0.1, -0.05) is 43.7 Å².